The second-order valence-electron chi connectivity index (χ2n) is 4.95. The van der Waals surface area contributed by atoms with Crippen LogP contribution < -0.4 is 10.2 Å². The van der Waals surface area contributed by atoms with Crippen LogP contribution >= 0.6 is 15.9 Å². The van der Waals surface area contributed by atoms with Crippen molar-refractivity contribution in [3.8, 4) is 0 Å². The van der Waals surface area contributed by atoms with Gasteiger partial charge in [0.05, 0.1) is 6.54 Å². The Balaban J connectivity index is 2.85. The maximum Gasteiger partial charge on any atom is 0.239 e. The normalized spacial score (nSPS) is 10.7. The van der Waals surface area contributed by atoms with E-state index in [-0.39, 0.29) is 11.9 Å². The quantitative estimate of drug-likeness (QED) is 0.773. The summed E-state index contributed by atoms with van der Waals surface area (Å²) in [5.74, 6) is 1.60. The molecule has 0 spiro atoms. The monoisotopic (exact) mass is 342 g/mol. The summed E-state index contributed by atoms with van der Waals surface area (Å²) in [5.41, 5.74) is 0. The number of aryl methyl sites for hydroxylation is 1. The lowest BCUT2D eigenvalue weighted by atomic mass is 10.3. The molecule has 0 saturated heterocycles. The summed E-state index contributed by atoms with van der Waals surface area (Å²) in [6, 6.07) is 2.00. The lowest BCUT2D eigenvalue weighted by Gasteiger charge is -2.22. The molecule has 0 saturated carbocycles. The van der Waals surface area contributed by atoms with Crippen molar-refractivity contribution in [1.82, 2.24) is 15.3 Å². The van der Waals surface area contributed by atoms with Gasteiger partial charge in [-0.2, -0.15) is 0 Å². The predicted octanol–water partition coefficient (Wildman–Crippen LogP) is 2.54. The lowest BCUT2D eigenvalue weighted by Crippen LogP contribution is -2.40. The van der Waals surface area contributed by atoms with E-state index >= 15 is 0 Å². The molecule has 112 valence electrons. The fourth-order valence-corrected chi connectivity index (χ4v) is 2.25. The van der Waals surface area contributed by atoms with E-state index in [1.54, 1.807) is 0 Å². The zero-order valence-electron chi connectivity index (χ0n) is 12.6. The van der Waals surface area contributed by atoms with Crippen molar-refractivity contribution in [3.63, 3.8) is 0 Å². The zero-order valence-corrected chi connectivity index (χ0v) is 14.2. The second kappa shape index (κ2) is 8.19. The lowest BCUT2D eigenvalue weighted by molar-refractivity contribution is -0.120. The second-order valence-corrected chi connectivity index (χ2v) is 5.76. The molecule has 20 heavy (non-hydrogen) atoms. The molecule has 1 aromatic heterocycles. The number of hydrogen-bond acceptors (Lipinski definition) is 4. The number of amides is 1. The summed E-state index contributed by atoms with van der Waals surface area (Å²) in [6.07, 6.45) is 1.83. The van der Waals surface area contributed by atoms with Crippen LogP contribution in [0.2, 0.25) is 0 Å². The Morgan fingerprint density at radius 3 is 2.65 bits per heavy atom. The summed E-state index contributed by atoms with van der Waals surface area (Å²) < 4.78 is 0.758. The zero-order chi connectivity index (χ0) is 15.1. The van der Waals surface area contributed by atoms with Crippen LogP contribution in [0.1, 0.15) is 39.9 Å². The standard InChI is InChI=1S/C14H23BrN4O/c1-5-7-12-17-11(15)8-13(18-12)19(6-2)9-14(20)16-10(3)4/h8,10H,5-7,9H2,1-4H3,(H,16,20). The van der Waals surface area contributed by atoms with E-state index in [9.17, 15) is 4.79 Å². The Bertz CT molecular complexity index is 451. The number of rotatable bonds is 7. The van der Waals surface area contributed by atoms with Crippen LogP contribution in [0.15, 0.2) is 10.7 Å². The van der Waals surface area contributed by atoms with E-state index in [1.165, 1.54) is 0 Å². The van der Waals surface area contributed by atoms with E-state index in [0.29, 0.717) is 6.54 Å². The van der Waals surface area contributed by atoms with Gasteiger partial charge >= 0.3 is 0 Å². The van der Waals surface area contributed by atoms with Crippen LogP contribution in [0.3, 0.4) is 0 Å². The molecule has 0 fully saturated rings. The molecule has 1 amide bonds. The molecule has 0 bridgehead atoms. The number of nitrogens with zero attached hydrogens (tertiary/aromatic N) is 3. The first-order valence-electron chi connectivity index (χ1n) is 7.04. The van der Waals surface area contributed by atoms with Crippen molar-refractivity contribution in [2.24, 2.45) is 0 Å². The number of hydrogen-bond donors (Lipinski definition) is 1. The number of halogens is 1. The summed E-state index contributed by atoms with van der Waals surface area (Å²) in [4.78, 5) is 22.7. The first kappa shape index (κ1) is 16.9. The number of nitrogens with one attached hydrogen (secondary N) is 1. The van der Waals surface area contributed by atoms with Crippen molar-refractivity contribution in [2.75, 3.05) is 18.0 Å². The Morgan fingerprint density at radius 1 is 1.40 bits per heavy atom. The van der Waals surface area contributed by atoms with Gasteiger partial charge in [-0.15, -0.1) is 0 Å². The van der Waals surface area contributed by atoms with E-state index in [1.807, 2.05) is 31.7 Å². The van der Waals surface area contributed by atoms with E-state index < -0.39 is 0 Å². The molecule has 5 nitrogen and oxygen atoms in total. The average Bonchev–Trinajstić information content (AvgIpc) is 2.34. The topological polar surface area (TPSA) is 58.1 Å². The highest BCUT2D eigenvalue weighted by molar-refractivity contribution is 9.10. The molecular formula is C14H23BrN4O. The van der Waals surface area contributed by atoms with Gasteiger partial charge < -0.3 is 10.2 Å². The third kappa shape index (κ3) is 5.45. The summed E-state index contributed by atoms with van der Waals surface area (Å²) in [6.45, 7) is 9.05. The van der Waals surface area contributed by atoms with Gasteiger partial charge in [0.2, 0.25) is 5.91 Å². The Kier molecular flexibility index (Phi) is 6.91. The van der Waals surface area contributed by atoms with Gasteiger partial charge in [-0.25, -0.2) is 9.97 Å². The summed E-state index contributed by atoms with van der Waals surface area (Å²) in [7, 11) is 0. The third-order valence-electron chi connectivity index (χ3n) is 2.69. The van der Waals surface area contributed by atoms with Crippen molar-refractivity contribution >= 4 is 27.7 Å². The molecule has 0 aliphatic heterocycles. The van der Waals surface area contributed by atoms with Crippen molar-refractivity contribution in [3.05, 3.63) is 16.5 Å². The van der Waals surface area contributed by atoms with Crippen molar-refractivity contribution in [2.45, 2.75) is 46.6 Å². The molecule has 0 aliphatic rings. The minimum absolute atomic E-state index is 0.00799. The fourth-order valence-electron chi connectivity index (χ4n) is 1.84. The molecule has 0 aromatic carbocycles. The highest BCUT2D eigenvalue weighted by Crippen LogP contribution is 2.17. The predicted molar refractivity (Wildman–Crippen MR) is 84.9 cm³/mol. The largest absolute Gasteiger partial charge is 0.352 e. The molecule has 1 rings (SSSR count). The van der Waals surface area contributed by atoms with Crippen LogP contribution in [-0.4, -0.2) is 35.0 Å². The Labute approximate surface area is 129 Å². The van der Waals surface area contributed by atoms with Gasteiger partial charge in [0, 0.05) is 25.1 Å². The third-order valence-corrected chi connectivity index (χ3v) is 3.10. The van der Waals surface area contributed by atoms with E-state index in [4.69, 9.17) is 0 Å². The minimum atomic E-state index is 0.00799. The van der Waals surface area contributed by atoms with Crippen LogP contribution in [0.25, 0.3) is 0 Å². The van der Waals surface area contributed by atoms with Crippen molar-refractivity contribution in [1.29, 1.82) is 0 Å². The number of likely N-dealkylation sites (N-methyl/N-ethyl adjacent to an activating group) is 1. The Morgan fingerprint density at radius 2 is 2.10 bits per heavy atom. The molecule has 0 aliphatic carbocycles. The molecule has 1 aromatic rings. The van der Waals surface area contributed by atoms with Crippen molar-refractivity contribution < 1.29 is 4.79 Å². The Hall–Kier alpha value is -1.17. The van der Waals surface area contributed by atoms with E-state index in [2.05, 4.69) is 38.1 Å². The van der Waals surface area contributed by atoms with Crippen LogP contribution in [0, 0.1) is 0 Å². The summed E-state index contributed by atoms with van der Waals surface area (Å²) in [5, 5.41) is 2.90. The summed E-state index contributed by atoms with van der Waals surface area (Å²) >= 11 is 3.41. The number of aromatic nitrogens is 2. The number of anilines is 1. The fraction of sp³-hybridized carbons (Fsp3) is 0.643. The molecule has 6 heteroatoms. The molecule has 0 atom stereocenters. The van der Waals surface area contributed by atoms with Crippen LogP contribution in [0.4, 0.5) is 5.82 Å². The number of carbonyl (C=O) groups excluding carboxylic acids is 1. The maximum absolute atomic E-state index is 11.9. The highest BCUT2D eigenvalue weighted by atomic mass is 79.9. The van der Waals surface area contributed by atoms with Gasteiger partial charge in [0.15, 0.2) is 0 Å². The van der Waals surface area contributed by atoms with Gasteiger partial charge in [-0.1, -0.05) is 6.92 Å². The van der Waals surface area contributed by atoms with Gasteiger partial charge in [-0.05, 0) is 43.1 Å². The molecule has 0 radical (unpaired) electrons. The van der Waals surface area contributed by atoms with Gasteiger partial charge in [-0.3, -0.25) is 4.79 Å². The minimum Gasteiger partial charge on any atom is -0.352 e. The first-order chi connectivity index (χ1) is 9.46. The molecular weight excluding hydrogens is 320 g/mol. The molecule has 0 unspecified atom stereocenters. The highest BCUT2D eigenvalue weighted by Gasteiger charge is 2.13. The molecule has 1 N–H and O–H groups in total. The van der Waals surface area contributed by atoms with Crippen LogP contribution in [0.5, 0.6) is 0 Å². The van der Waals surface area contributed by atoms with E-state index in [0.717, 1.165) is 35.6 Å². The first-order valence-corrected chi connectivity index (χ1v) is 7.83. The SMILES string of the molecule is CCCc1nc(Br)cc(N(CC)CC(=O)NC(C)C)n1. The average molecular weight is 343 g/mol. The molecule has 1 heterocycles. The van der Waals surface area contributed by atoms with Gasteiger partial charge in [0.1, 0.15) is 16.2 Å². The van der Waals surface area contributed by atoms with Gasteiger partial charge in [0.25, 0.3) is 0 Å². The number of carbonyl (C=O) groups is 1. The smallest absolute Gasteiger partial charge is 0.239 e. The maximum atomic E-state index is 11.9. The van der Waals surface area contributed by atoms with Crippen LogP contribution in [-0.2, 0) is 11.2 Å².